The van der Waals surface area contributed by atoms with Gasteiger partial charge in [0.25, 0.3) is 5.91 Å². The molecule has 1 heterocycles. The van der Waals surface area contributed by atoms with Gasteiger partial charge in [0.1, 0.15) is 5.69 Å². The van der Waals surface area contributed by atoms with E-state index in [0.29, 0.717) is 16.7 Å². The van der Waals surface area contributed by atoms with Gasteiger partial charge in [-0.2, -0.15) is 0 Å². The molecule has 0 atom stereocenters. The van der Waals surface area contributed by atoms with Crippen molar-refractivity contribution < 1.29 is 4.79 Å². The molecule has 1 aromatic heterocycles. The van der Waals surface area contributed by atoms with Crippen LogP contribution in [0.15, 0.2) is 35.0 Å². The Morgan fingerprint density at radius 2 is 2.47 bits per heavy atom. The Morgan fingerprint density at radius 1 is 1.67 bits per heavy atom. The molecule has 0 aliphatic carbocycles. The molecule has 0 aliphatic rings. The molecule has 0 spiro atoms. The van der Waals surface area contributed by atoms with Gasteiger partial charge in [0, 0.05) is 17.2 Å². The van der Waals surface area contributed by atoms with Crippen molar-refractivity contribution in [3.63, 3.8) is 0 Å². The van der Waals surface area contributed by atoms with Crippen molar-refractivity contribution in [3.05, 3.63) is 40.6 Å². The van der Waals surface area contributed by atoms with Crippen LogP contribution in [0.2, 0.25) is 0 Å². The van der Waals surface area contributed by atoms with Crippen molar-refractivity contribution in [1.29, 1.82) is 0 Å². The van der Waals surface area contributed by atoms with Crippen LogP contribution in [0.4, 0.5) is 0 Å². The number of allylic oxidation sites excluding steroid dienone is 1. The lowest BCUT2D eigenvalue weighted by Crippen LogP contribution is -2.25. The maximum Gasteiger partial charge on any atom is 0.271 e. The third kappa shape index (κ3) is 3.83. The minimum atomic E-state index is -0.146. The van der Waals surface area contributed by atoms with Crippen LogP contribution in [0.25, 0.3) is 0 Å². The van der Waals surface area contributed by atoms with E-state index in [0.717, 1.165) is 6.42 Å². The SMILES string of the molecule is C/C=C/CCNC(=O)c1ncccc1Br. The van der Waals surface area contributed by atoms with Gasteiger partial charge >= 0.3 is 0 Å². The van der Waals surface area contributed by atoms with Gasteiger partial charge in [0.05, 0.1) is 0 Å². The Bertz CT molecular complexity index is 363. The predicted octanol–water partition coefficient (Wildman–Crippen LogP) is 2.54. The van der Waals surface area contributed by atoms with E-state index in [4.69, 9.17) is 0 Å². The quantitative estimate of drug-likeness (QED) is 0.674. The molecule has 0 aromatic carbocycles. The minimum absolute atomic E-state index is 0.146. The predicted molar refractivity (Wildman–Crippen MR) is 63.7 cm³/mol. The maximum atomic E-state index is 11.6. The van der Waals surface area contributed by atoms with Gasteiger partial charge in [-0.1, -0.05) is 12.2 Å². The molecule has 0 saturated heterocycles. The molecule has 1 aromatic rings. The van der Waals surface area contributed by atoms with Crippen molar-refractivity contribution in [2.75, 3.05) is 6.54 Å². The first-order chi connectivity index (χ1) is 7.25. The van der Waals surface area contributed by atoms with Crippen molar-refractivity contribution in [3.8, 4) is 0 Å². The van der Waals surface area contributed by atoms with Crippen molar-refractivity contribution >= 4 is 21.8 Å². The standard InChI is InChI=1S/C11H13BrN2O/c1-2-3-4-7-14-11(15)10-9(12)6-5-8-13-10/h2-3,5-6,8H,4,7H2,1H3,(H,14,15)/b3-2+. The van der Waals surface area contributed by atoms with Gasteiger partial charge in [-0.25, -0.2) is 4.98 Å². The van der Waals surface area contributed by atoms with Crippen LogP contribution in [0, 0.1) is 0 Å². The second kappa shape index (κ2) is 6.35. The molecule has 4 heteroatoms. The number of halogens is 1. The number of aromatic nitrogens is 1. The van der Waals surface area contributed by atoms with E-state index in [1.165, 1.54) is 0 Å². The summed E-state index contributed by atoms with van der Waals surface area (Å²) in [5.41, 5.74) is 0.429. The van der Waals surface area contributed by atoms with Gasteiger partial charge in [0.2, 0.25) is 0 Å². The number of hydrogen-bond donors (Lipinski definition) is 1. The molecule has 0 radical (unpaired) electrons. The van der Waals surface area contributed by atoms with Gasteiger partial charge in [-0.15, -0.1) is 0 Å². The molecule has 3 nitrogen and oxygen atoms in total. The average molecular weight is 269 g/mol. The summed E-state index contributed by atoms with van der Waals surface area (Å²) in [6.07, 6.45) is 6.41. The molecule has 1 rings (SSSR count). The van der Waals surface area contributed by atoms with Gasteiger partial charge in [-0.3, -0.25) is 4.79 Å². The number of pyridine rings is 1. The average Bonchev–Trinajstić information content (AvgIpc) is 2.25. The summed E-state index contributed by atoms with van der Waals surface area (Å²) in [4.78, 5) is 15.6. The smallest absolute Gasteiger partial charge is 0.271 e. The molecule has 1 N–H and O–H groups in total. The maximum absolute atomic E-state index is 11.6. The van der Waals surface area contributed by atoms with Gasteiger partial charge in [0.15, 0.2) is 0 Å². The topological polar surface area (TPSA) is 42.0 Å². The van der Waals surface area contributed by atoms with Crippen molar-refractivity contribution in [1.82, 2.24) is 10.3 Å². The van der Waals surface area contributed by atoms with Crippen LogP contribution in [0.5, 0.6) is 0 Å². The Morgan fingerprint density at radius 3 is 3.13 bits per heavy atom. The normalized spacial score (nSPS) is 10.5. The van der Waals surface area contributed by atoms with E-state index >= 15 is 0 Å². The summed E-state index contributed by atoms with van der Waals surface area (Å²) in [5, 5.41) is 2.79. The first-order valence-corrected chi connectivity index (χ1v) is 5.55. The van der Waals surface area contributed by atoms with Crippen LogP contribution >= 0.6 is 15.9 Å². The zero-order chi connectivity index (χ0) is 11.1. The monoisotopic (exact) mass is 268 g/mol. The molecule has 80 valence electrons. The van der Waals surface area contributed by atoms with E-state index in [1.54, 1.807) is 18.3 Å². The fourth-order valence-electron chi connectivity index (χ4n) is 1.07. The molecule has 0 fully saturated rings. The second-order valence-electron chi connectivity index (χ2n) is 2.95. The van der Waals surface area contributed by atoms with Gasteiger partial charge in [-0.05, 0) is 41.4 Å². The third-order valence-electron chi connectivity index (χ3n) is 1.81. The van der Waals surface area contributed by atoms with Crippen molar-refractivity contribution in [2.45, 2.75) is 13.3 Å². The van der Waals surface area contributed by atoms with Crippen LogP contribution in [0.1, 0.15) is 23.8 Å². The second-order valence-corrected chi connectivity index (χ2v) is 3.80. The largest absolute Gasteiger partial charge is 0.350 e. The zero-order valence-corrected chi connectivity index (χ0v) is 10.1. The number of rotatable bonds is 4. The van der Waals surface area contributed by atoms with E-state index < -0.39 is 0 Å². The lowest BCUT2D eigenvalue weighted by molar-refractivity contribution is 0.0948. The molecule has 15 heavy (non-hydrogen) atoms. The molecule has 0 unspecified atom stereocenters. The molecule has 1 amide bonds. The third-order valence-corrected chi connectivity index (χ3v) is 2.45. The highest BCUT2D eigenvalue weighted by Gasteiger charge is 2.09. The number of nitrogens with zero attached hydrogens (tertiary/aromatic N) is 1. The Hall–Kier alpha value is -1.16. The molecular weight excluding hydrogens is 256 g/mol. The number of hydrogen-bond acceptors (Lipinski definition) is 2. The zero-order valence-electron chi connectivity index (χ0n) is 8.53. The first kappa shape index (κ1) is 11.9. The molecule has 0 bridgehead atoms. The Labute approximate surface area is 97.7 Å². The number of carbonyl (C=O) groups is 1. The van der Waals surface area contributed by atoms with E-state index in [9.17, 15) is 4.79 Å². The number of carbonyl (C=O) groups excluding carboxylic acids is 1. The Kier molecular flexibility index (Phi) is 5.04. The van der Waals surface area contributed by atoms with Gasteiger partial charge < -0.3 is 5.32 Å². The fourth-order valence-corrected chi connectivity index (χ4v) is 1.51. The number of nitrogens with one attached hydrogen (secondary N) is 1. The van der Waals surface area contributed by atoms with Crippen LogP contribution in [0.3, 0.4) is 0 Å². The summed E-state index contributed by atoms with van der Waals surface area (Å²) >= 11 is 3.28. The molecular formula is C11H13BrN2O. The van der Waals surface area contributed by atoms with E-state index in [2.05, 4.69) is 26.2 Å². The Balaban J connectivity index is 2.51. The lowest BCUT2D eigenvalue weighted by Gasteiger charge is -2.03. The van der Waals surface area contributed by atoms with Crippen molar-refractivity contribution in [2.24, 2.45) is 0 Å². The molecule has 0 saturated carbocycles. The van der Waals surface area contributed by atoms with E-state index in [-0.39, 0.29) is 5.91 Å². The highest BCUT2D eigenvalue weighted by atomic mass is 79.9. The van der Waals surface area contributed by atoms with Crippen LogP contribution in [-0.2, 0) is 0 Å². The summed E-state index contributed by atoms with van der Waals surface area (Å²) in [6.45, 7) is 2.59. The summed E-state index contributed by atoms with van der Waals surface area (Å²) in [5.74, 6) is -0.146. The summed E-state index contributed by atoms with van der Waals surface area (Å²) in [6, 6.07) is 3.58. The highest BCUT2D eigenvalue weighted by molar-refractivity contribution is 9.10. The summed E-state index contributed by atoms with van der Waals surface area (Å²) < 4.78 is 0.716. The highest BCUT2D eigenvalue weighted by Crippen LogP contribution is 2.12. The summed E-state index contributed by atoms with van der Waals surface area (Å²) in [7, 11) is 0. The lowest BCUT2D eigenvalue weighted by atomic mass is 10.3. The molecule has 0 aliphatic heterocycles. The van der Waals surface area contributed by atoms with E-state index in [1.807, 2.05) is 19.1 Å². The van der Waals surface area contributed by atoms with Crippen LogP contribution in [-0.4, -0.2) is 17.4 Å². The van der Waals surface area contributed by atoms with Crippen LogP contribution < -0.4 is 5.32 Å². The number of amides is 1. The fraction of sp³-hybridized carbons (Fsp3) is 0.273. The first-order valence-electron chi connectivity index (χ1n) is 4.75. The minimum Gasteiger partial charge on any atom is -0.350 e.